The van der Waals surface area contributed by atoms with Gasteiger partial charge in [0.1, 0.15) is 6.10 Å². The summed E-state index contributed by atoms with van der Waals surface area (Å²) >= 11 is 0. The maximum atomic E-state index is 12.1. The number of hydrogen-bond donors (Lipinski definition) is 2. The van der Waals surface area contributed by atoms with Gasteiger partial charge >= 0.3 is 0 Å². The van der Waals surface area contributed by atoms with E-state index in [-0.39, 0.29) is 24.4 Å². The lowest BCUT2D eigenvalue weighted by molar-refractivity contribution is -0.135. The van der Waals surface area contributed by atoms with E-state index in [4.69, 9.17) is 4.74 Å². The fourth-order valence-electron chi connectivity index (χ4n) is 3.05. The fourth-order valence-corrected chi connectivity index (χ4v) is 3.05. The van der Waals surface area contributed by atoms with Crippen LogP contribution in [0.5, 0.6) is 0 Å². The second-order valence-electron chi connectivity index (χ2n) is 5.51. The average molecular weight is 291 g/mol. The maximum absolute atomic E-state index is 12.1. The molecule has 2 aliphatic rings. The maximum Gasteiger partial charge on any atom is 0.250 e. The van der Waals surface area contributed by atoms with Gasteiger partial charge in [0.15, 0.2) is 0 Å². The van der Waals surface area contributed by atoms with Crippen molar-refractivity contribution in [1.29, 1.82) is 0 Å². The molecular weight excluding hydrogens is 264 g/mol. The molecule has 0 radical (unpaired) electrons. The van der Waals surface area contributed by atoms with Crippen LogP contribution in [-0.2, 0) is 9.53 Å². The van der Waals surface area contributed by atoms with Gasteiger partial charge in [-0.1, -0.05) is 26.2 Å². The molecule has 4 nitrogen and oxygen atoms in total. The Morgan fingerprint density at radius 2 is 2.26 bits per heavy atom. The van der Waals surface area contributed by atoms with E-state index in [1.807, 2.05) is 0 Å². The molecule has 2 N–H and O–H groups in total. The molecule has 0 bridgehead atoms. The molecule has 0 spiro atoms. The Morgan fingerprint density at radius 1 is 1.42 bits per heavy atom. The number of unbranched alkanes of at least 4 members (excludes halogenated alkanes) is 1. The smallest absolute Gasteiger partial charge is 0.250 e. The van der Waals surface area contributed by atoms with Crippen molar-refractivity contribution in [3.63, 3.8) is 0 Å². The normalized spacial score (nSPS) is 30.7. The highest BCUT2D eigenvalue weighted by molar-refractivity contribution is 5.85. The standard InChI is InChI=1S/C14H26N2O2.ClH/c1-2-3-5-11-6-4-7-12(11)16-14(17)13-10-15-8-9-18-13;/h11-13,15H,2-10H2,1H3,(H,16,17);1H. The lowest BCUT2D eigenvalue weighted by Gasteiger charge is -2.26. The predicted molar refractivity (Wildman–Crippen MR) is 78.7 cm³/mol. The number of morpholine rings is 1. The summed E-state index contributed by atoms with van der Waals surface area (Å²) in [5.74, 6) is 0.765. The Kier molecular flexibility index (Phi) is 7.73. The highest BCUT2D eigenvalue weighted by Crippen LogP contribution is 2.29. The van der Waals surface area contributed by atoms with Gasteiger partial charge in [-0.3, -0.25) is 4.79 Å². The van der Waals surface area contributed by atoms with Crippen LogP contribution >= 0.6 is 12.4 Å². The molecule has 1 aliphatic carbocycles. The number of hydrogen-bond acceptors (Lipinski definition) is 3. The van der Waals surface area contributed by atoms with Crippen molar-refractivity contribution in [2.75, 3.05) is 19.7 Å². The van der Waals surface area contributed by atoms with Crippen LogP contribution in [0, 0.1) is 5.92 Å². The molecule has 1 amide bonds. The topological polar surface area (TPSA) is 50.4 Å². The van der Waals surface area contributed by atoms with Crippen molar-refractivity contribution in [1.82, 2.24) is 10.6 Å². The summed E-state index contributed by atoms with van der Waals surface area (Å²) in [5.41, 5.74) is 0. The SMILES string of the molecule is CCCCC1CCCC1NC(=O)C1CNCCO1.Cl. The van der Waals surface area contributed by atoms with Gasteiger partial charge in [0.05, 0.1) is 6.61 Å². The molecule has 19 heavy (non-hydrogen) atoms. The van der Waals surface area contributed by atoms with E-state index in [9.17, 15) is 4.79 Å². The molecule has 112 valence electrons. The van der Waals surface area contributed by atoms with Crippen LogP contribution in [0.25, 0.3) is 0 Å². The summed E-state index contributed by atoms with van der Waals surface area (Å²) < 4.78 is 5.49. The first-order chi connectivity index (χ1) is 8.81. The second kappa shape index (κ2) is 8.77. The van der Waals surface area contributed by atoms with Gasteiger partial charge in [0.2, 0.25) is 0 Å². The van der Waals surface area contributed by atoms with Crippen molar-refractivity contribution in [3.05, 3.63) is 0 Å². The molecule has 1 saturated heterocycles. The second-order valence-corrected chi connectivity index (χ2v) is 5.51. The summed E-state index contributed by atoms with van der Waals surface area (Å²) in [5, 5.41) is 6.40. The Morgan fingerprint density at radius 3 is 2.95 bits per heavy atom. The van der Waals surface area contributed by atoms with E-state index in [1.165, 1.54) is 32.1 Å². The van der Waals surface area contributed by atoms with Gasteiger partial charge in [-0.25, -0.2) is 0 Å². The zero-order chi connectivity index (χ0) is 12.8. The number of carbonyl (C=O) groups excluding carboxylic acids is 1. The Hall–Kier alpha value is -0.320. The molecule has 2 rings (SSSR count). The van der Waals surface area contributed by atoms with Crippen LogP contribution in [0.2, 0.25) is 0 Å². The highest BCUT2D eigenvalue weighted by atomic mass is 35.5. The molecule has 0 aromatic carbocycles. The average Bonchev–Trinajstić information content (AvgIpc) is 2.84. The molecule has 2 fully saturated rings. The number of ether oxygens (including phenoxy) is 1. The van der Waals surface area contributed by atoms with E-state index in [1.54, 1.807) is 0 Å². The lowest BCUT2D eigenvalue weighted by Crippen LogP contribution is -2.50. The van der Waals surface area contributed by atoms with E-state index in [0.717, 1.165) is 13.0 Å². The predicted octanol–water partition coefficient (Wildman–Crippen LogP) is 1.87. The molecule has 5 heteroatoms. The minimum absolute atomic E-state index is 0. The van der Waals surface area contributed by atoms with Gasteiger partial charge in [-0.2, -0.15) is 0 Å². The van der Waals surface area contributed by atoms with Crippen LogP contribution in [0.4, 0.5) is 0 Å². The number of nitrogens with one attached hydrogen (secondary N) is 2. The number of amides is 1. The molecular formula is C14H27ClN2O2. The van der Waals surface area contributed by atoms with E-state index in [0.29, 0.717) is 25.1 Å². The number of carbonyl (C=O) groups is 1. The zero-order valence-corrected chi connectivity index (χ0v) is 12.6. The number of halogens is 1. The van der Waals surface area contributed by atoms with Crippen molar-refractivity contribution < 1.29 is 9.53 Å². The molecule has 0 aromatic rings. The Labute approximate surface area is 122 Å². The monoisotopic (exact) mass is 290 g/mol. The minimum atomic E-state index is -0.286. The van der Waals surface area contributed by atoms with Crippen LogP contribution in [0.3, 0.4) is 0 Å². The zero-order valence-electron chi connectivity index (χ0n) is 11.8. The first-order valence-electron chi connectivity index (χ1n) is 7.44. The molecule has 3 atom stereocenters. The largest absolute Gasteiger partial charge is 0.366 e. The van der Waals surface area contributed by atoms with Crippen molar-refractivity contribution >= 4 is 18.3 Å². The van der Waals surface area contributed by atoms with E-state index in [2.05, 4.69) is 17.6 Å². The van der Waals surface area contributed by atoms with Crippen LogP contribution in [0.1, 0.15) is 45.4 Å². The van der Waals surface area contributed by atoms with Gasteiger partial charge in [0, 0.05) is 19.1 Å². The fraction of sp³-hybridized carbons (Fsp3) is 0.929. The highest BCUT2D eigenvalue weighted by Gasteiger charge is 2.30. The van der Waals surface area contributed by atoms with E-state index >= 15 is 0 Å². The van der Waals surface area contributed by atoms with Crippen LogP contribution in [-0.4, -0.2) is 37.7 Å². The van der Waals surface area contributed by atoms with Gasteiger partial charge < -0.3 is 15.4 Å². The molecule has 3 unspecified atom stereocenters. The molecule has 1 aliphatic heterocycles. The third-order valence-electron chi connectivity index (χ3n) is 4.14. The third-order valence-corrected chi connectivity index (χ3v) is 4.14. The van der Waals surface area contributed by atoms with Crippen molar-refractivity contribution in [2.24, 2.45) is 5.92 Å². The van der Waals surface area contributed by atoms with Gasteiger partial charge in [0.25, 0.3) is 5.91 Å². The number of rotatable bonds is 5. The van der Waals surface area contributed by atoms with Crippen molar-refractivity contribution in [2.45, 2.75) is 57.6 Å². The molecule has 0 aromatic heterocycles. The summed E-state index contributed by atoms with van der Waals surface area (Å²) in [4.78, 5) is 12.1. The molecule has 1 heterocycles. The van der Waals surface area contributed by atoms with E-state index < -0.39 is 0 Å². The van der Waals surface area contributed by atoms with Gasteiger partial charge in [-0.05, 0) is 25.2 Å². The quantitative estimate of drug-likeness (QED) is 0.813. The lowest BCUT2D eigenvalue weighted by atomic mass is 9.96. The Balaban J connectivity index is 0.00000180. The first kappa shape index (κ1) is 16.7. The Bertz CT molecular complexity index is 270. The molecule has 1 saturated carbocycles. The van der Waals surface area contributed by atoms with Crippen LogP contribution in [0.15, 0.2) is 0 Å². The minimum Gasteiger partial charge on any atom is -0.366 e. The first-order valence-corrected chi connectivity index (χ1v) is 7.44. The summed E-state index contributed by atoms with van der Waals surface area (Å²) in [6.07, 6.45) is 7.15. The van der Waals surface area contributed by atoms with Crippen molar-refractivity contribution in [3.8, 4) is 0 Å². The van der Waals surface area contributed by atoms with Crippen LogP contribution < -0.4 is 10.6 Å². The summed E-state index contributed by atoms with van der Waals surface area (Å²) in [6, 6.07) is 0.384. The third kappa shape index (κ3) is 4.93. The summed E-state index contributed by atoms with van der Waals surface area (Å²) in [6.45, 7) is 4.37. The summed E-state index contributed by atoms with van der Waals surface area (Å²) in [7, 11) is 0. The van der Waals surface area contributed by atoms with Gasteiger partial charge in [-0.15, -0.1) is 12.4 Å².